The van der Waals surface area contributed by atoms with Crippen molar-refractivity contribution in [3.63, 3.8) is 0 Å². The zero-order valence-corrected chi connectivity index (χ0v) is 20.3. The zero-order valence-electron chi connectivity index (χ0n) is 20.3. The van der Waals surface area contributed by atoms with Crippen LogP contribution < -0.4 is 5.32 Å². The van der Waals surface area contributed by atoms with Gasteiger partial charge in [0.1, 0.15) is 0 Å². The van der Waals surface area contributed by atoms with Crippen LogP contribution in [0, 0.1) is 0 Å². The normalized spacial score (nSPS) is 15.1. The molecule has 1 amide bonds. The number of benzene rings is 3. The summed E-state index contributed by atoms with van der Waals surface area (Å²) in [7, 11) is 0. The second-order valence-corrected chi connectivity index (χ2v) is 9.27. The van der Waals surface area contributed by atoms with Gasteiger partial charge in [-0.25, -0.2) is 0 Å². The van der Waals surface area contributed by atoms with Crippen LogP contribution in [0.1, 0.15) is 24.0 Å². The summed E-state index contributed by atoms with van der Waals surface area (Å²) in [5.74, 6) is -0.337. The first-order chi connectivity index (χ1) is 17.7. The van der Waals surface area contributed by atoms with E-state index < -0.39 is 0 Å². The fourth-order valence-corrected chi connectivity index (χ4v) is 4.81. The highest BCUT2D eigenvalue weighted by Gasteiger charge is 2.20. The number of rotatable bonds is 8. The SMILES string of the molecule is O=C(CNC1CCN(Cc2ccccc2)CC1)N=Nc1c(O)n(Cc2ccccc2)c2ccccc12. The predicted octanol–water partition coefficient (Wildman–Crippen LogP) is 5.26. The molecule has 0 spiro atoms. The van der Waals surface area contributed by atoms with Gasteiger partial charge in [-0.2, -0.15) is 0 Å². The van der Waals surface area contributed by atoms with E-state index in [0.717, 1.165) is 48.9 Å². The Morgan fingerprint density at radius 2 is 1.47 bits per heavy atom. The molecule has 0 saturated carbocycles. The van der Waals surface area contributed by atoms with Crippen molar-refractivity contribution >= 4 is 22.5 Å². The van der Waals surface area contributed by atoms with Crippen LogP contribution in [-0.4, -0.2) is 46.2 Å². The summed E-state index contributed by atoms with van der Waals surface area (Å²) in [6, 6.07) is 28.3. The lowest BCUT2D eigenvalue weighted by Crippen LogP contribution is -2.43. The molecule has 36 heavy (non-hydrogen) atoms. The molecular weight excluding hydrogens is 450 g/mol. The van der Waals surface area contributed by atoms with Crippen LogP contribution in [0.15, 0.2) is 95.2 Å². The van der Waals surface area contributed by atoms with Gasteiger partial charge in [-0.15, -0.1) is 10.2 Å². The molecule has 4 aromatic rings. The number of hydrogen-bond donors (Lipinski definition) is 2. The highest BCUT2D eigenvalue weighted by Crippen LogP contribution is 2.39. The fraction of sp³-hybridized carbons (Fsp3) is 0.276. The Balaban J connectivity index is 1.18. The summed E-state index contributed by atoms with van der Waals surface area (Å²) in [5.41, 5.74) is 3.56. The molecule has 5 rings (SSSR count). The number of nitrogens with one attached hydrogen (secondary N) is 1. The van der Waals surface area contributed by atoms with Gasteiger partial charge in [0, 0.05) is 18.0 Å². The summed E-state index contributed by atoms with van der Waals surface area (Å²) in [6.45, 7) is 3.59. The highest BCUT2D eigenvalue weighted by atomic mass is 16.3. The minimum absolute atomic E-state index is 0.00958. The van der Waals surface area contributed by atoms with E-state index in [1.165, 1.54) is 5.56 Å². The number of para-hydroxylation sites is 1. The van der Waals surface area contributed by atoms with Crippen LogP contribution in [0.4, 0.5) is 5.69 Å². The maximum Gasteiger partial charge on any atom is 0.278 e. The molecule has 0 atom stereocenters. The summed E-state index contributed by atoms with van der Waals surface area (Å²) in [6.07, 6.45) is 1.98. The van der Waals surface area contributed by atoms with E-state index in [4.69, 9.17) is 0 Å². The number of carbonyl (C=O) groups is 1. The largest absolute Gasteiger partial charge is 0.493 e. The van der Waals surface area contributed by atoms with Crippen molar-refractivity contribution in [1.29, 1.82) is 0 Å². The fourth-order valence-electron chi connectivity index (χ4n) is 4.81. The molecule has 1 aliphatic rings. The van der Waals surface area contributed by atoms with Crippen molar-refractivity contribution in [3.05, 3.63) is 96.1 Å². The van der Waals surface area contributed by atoms with E-state index >= 15 is 0 Å². The second-order valence-electron chi connectivity index (χ2n) is 9.27. The number of hydrogen-bond acceptors (Lipinski definition) is 5. The maximum atomic E-state index is 12.5. The lowest BCUT2D eigenvalue weighted by atomic mass is 10.0. The smallest absolute Gasteiger partial charge is 0.278 e. The van der Waals surface area contributed by atoms with E-state index in [2.05, 4.69) is 44.7 Å². The van der Waals surface area contributed by atoms with Crippen LogP contribution in [0.25, 0.3) is 10.9 Å². The van der Waals surface area contributed by atoms with Crippen molar-refractivity contribution in [2.45, 2.75) is 32.0 Å². The standard InChI is InChI=1S/C29H31N5O2/c35-27(19-30-24-15-17-33(18-16-24)20-22-9-3-1-4-10-22)31-32-28-25-13-7-8-14-26(25)34(29(28)36)21-23-11-5-2-6-12-23/h1-14,24,30,36H,15-21H2. The topological polar surface area (TPSA) is 82.2 Å². The average Bonchev–Trinajstić information content (AvgIpc) is 3.18. The van der Waals surface area contributed by atoms with E-state index in [9.17, 15) is 9.90 Å². The molecule has 7 heteroatoms. The molecule has 1 fully saturated rings. The number of carbonyl (C=O) groups excluding carboxylic acids is 1. The Morgan fingerprint density at radius 1 is 0.861 bits per heavy atom. The van der Waals surface area contributed by atoms with Crippen LogP contribution in [0.3, 0.4) is 0 Å². The molecule has 1 aliphatic heterocycles. The number of likely N-dealkylation sites (tertiary alicyclic amines) is 1. The minimum Gasteiger partial charge on any atom is -0.493 e. The summed E-state index contributed by atoms with van der Waals surface area (Å²) < 4.78 is 1.80. The van der Waals surface area contributed by atoms with E-state index in [0.29, 0.717) is 12.2 Å². The number of azo groups is 1. The van der Waals surface area contributed by atoms with Gasteiger partial charge in [0.15, 0.2) is 5.69 Å². The summed E-state index contributed by atoms with van der Waals surface area (Å²) in [4.78, 5) is 14.9. The first kappa shape index (κ1) is 23.9. The van der Waals surface area contributed by atoms with E-state index in [1.54, 1.807) is 4.57 Å². The molecule has 7 nitrogen and oxygen atoms in total. The van der Waals surface area contributed by atoms with Crippen LogP contribution in [-0.2, 0) is 17.9 Å². The molecule has 0 unspecified atom stereocenters. The van der Waals surface area contributed by atoms with E-state index in [-0.39, 0.29) is 24.4 Å². The van der Waals surface area contributed by atoms with Crippen LogP contribution in [0.5, 0.6) is 5.88 Å². The number of fused-ring (bicyclic) bond motifs is 1. The maximum absolute atomic E-state index is 12.5. The third-order valence-corrected chi connectivity index (χ3v) is 6.74. The van der Waals surface area contributed by atoms with Crippen molar-refractivity contribution < 1.29 is 9.90 Å². The first-order valence-corrected chi connectivity index (χ1v) is 12.5. The van der Waals surface area contributed by atoms with Crippen LogP contribution in [0.2, 0.25) is 0 Å². The molecule has 0 bridgehead atoms. The van der Waals surface area contributed by atoms with Gasteiger partial charge >= 0.3 is 0 Å². The number of aromatic nitrogens is 1. The Labute approximate surface area is 211 Å². The van der Waals surface area contributed by atoms with Gasteiger partial charge in [0.2, 0.25) is 5.88 Å². The average molecular weight is 482 g/mol. The predicted molar refractivity (Wildman–Crippen MR) is 141 cm³/mol. The van der Waals surface area contributed by atoms with E-state index in [1.807, 2.05) is 60.7 Å². The lowest BCUT2D eigenvalue weighted by Gasteiger charge is -2.32. The third kappa shape index (κ3) is 5.70. The van der Waals surface area contributed by atoms with Gasteiger partial charge in [-0.05, 0) is 43.1 Å². The van der Waals surface area contributed by atoms with Gasteiger partial charge < -0.3 is 15.0 Å². The summed E-state index contributed by atoms with van der Waals surface area (Å²) >= 11 is 0. The second kappa shape index (κ2) is 11.3. The minimum atomic E-state index is -0.346. The van der Waals surface area contributed by atoms with Crippen molar-refractivity contribution in [1.82, 2.24) is 14.8 Å². The molecule has 3 aromatic carbocycles. The Hall–Kier alpha value is -3.81. The molecule has 0 aliphatic carbocycles. The number of piperidine rings is 1. The van der Waals surface area contributed by atoms with Gasteiger partial charge in [-0.3, -0.25) is 9.69 Å². The number of amides is 1. The van der Waals surface area contributed by atoms with Crippen LogP contribution >= 0.6 is 0 Å². The Bertz CT molecular complexity index is 1330. The third-order valence-electron chi connectivity index (χ3n) is 6.74. The molecule has 1 saturated heterocycles. The molecular formula is C29H31N5O2. The van der Waals surface area contributed by atoms with Gasteiger partial charge in [0.25, 0.3) is 5.91 Å². The quantitative estimate of drug-likeness (QED) is 0.336. The number of aromatic hydroxyl groups is 1. The monoisotopic (exact) mass is 481 g/mol. The van der Waals surface area contributed by atoms with Crippen molar-refractivity contribution in [2.24, 2.45) is 10.2 Å². The Morgan fingerprint density at radius 3 is 2.17 bits per heavy atom. The molecule has 1 aromatic heterocycles. The molecule has 184 valence electrons. The van der Waals surface area contributed by atoms with Crippen molar-refractivity contribution in [2.75, 3.05) is 19.6 Å². The van der Waals surface area contributed by atoms with Gasteiger partial charge in [0.05, 0.1) is 18.6 Å². The number of nitrogens with zero attached hydrogens (tertiary/aromatic N) is 4. The Kier molecular flexibility index (Phi) is 7.50. The molecule has 0 radical (unpaired) electrons. The molecule has 2 N–H and O–H groups in total. The van der Waals surface area contributed by atoms with Gasteiger partial charge in [-0.1, -0.05) is 78.9 Å². The van der Waals surface area contributed by atoms with Crippen molar-refractivity contribution in [3.8, 4) is 5.88 Å². The lowest BCUT2D eigenvalue weighted by molar-refractivity contribution is -0.117. The highest BCUT2D eigenvalue weighted by molar-refractivity contribution is 5.95. The first-order valence-electron chi connectivity index (χ1n) is 12.5. The summed E-state index contributed by atoms with van der Waals surface area (Å²) in [5, 5.41) is 23.1. The zero-order chi connectivity index (χ0) is 24.7. The molecule has 2 heterocycles.